The zero-order valence-electron chi connectivity index (χ0n) is 9.32. The van der Waals surface area contributed by atoms with E-state index in [1.165, 1.54) is 0 Å². The summed E-state index contributed by atoms with van der Waals surface area (Å²) in [5.74, 6) is -0.129. The van der Waals surface area contributed by atoms with Gasteiger partial charge in [-0.2, -0.15) is 0 Å². The van der Waals surface area contributed by atoms with Crippen LogP contribution in [0.2, 0.25) is 0 Å². The van der Waals surface area contributed by atoms with Crippen LogP contribution in [0.4, 0.5) is 0 Å². The van der Waals surface area contributed by atoms with Crippen molar-refractivity contribution in [3.63, 3.8) is 0 Å². The van der Waals surface area contributed by atoms with E-state index in [4.69, 9.17) is 4.74 Å². The quantitative estimate of drug-likeness (QED) is 0.563. The van der Waals surface area contributed by atoms with Gasteiger partial charge in [0.25, 0.3) is 0 Å². The minimum absolute atomic E-state index is 0.125. The summed E-state index contributed by atoms with van der Waals surface area (Å²) in [5.41, 5.74) is 0. The molecule has 0 aromatic heterocycles. The smallest absolute Gasteiger partial charge is 0.306 e. The number of carbonyl (C=O) groups excluding carboxylic acids is 1. The Balaban J connectivity index is 2.55. The highest BCUT2D eigenvalue weighted by Crippen LogP contribution is 2.14. The molecule has 0 saturated heterocycles. The van der Waals surface area contributed by atoms with Crippen LogP contribution >= 0.6 is 0 Å². The Hall–Kier alpha value is -0.830. The van der Waals surface area contributed by atoms with Crippen molar-refractivity contribution in [3.8, 4) is 0 Å². The zero-order valence-corrected chi connectivity index (χ0v) is 9.32. The Labute approximate surface area is 91.1 Å². The number of cyclic esters (lactones) is 1. The summed E-state index contributed by atoms with van der Waals surface area (Å²) >= 11 is 0. The van der Waals surface area contributed by atoms with E-state index in [0.717, 1.165) is 25.7 Å². The molecular formula is C12H20O3. The van der Waals surface area contributed by atoms with Crippen LogP contribution in [0.1, 0.15) is 45.4 Å². The van der Waals surface area contributed by atoms with Crippen LogP contribution in [-0.2, 0) is 9.53 Å². The van der Waals surface area contributed by atoms with Crippen molar-refractivity contribution in [1.82, 2.24) is 0 Å². The highest BCUT2D eigenvalue weighted by molar-refractivity contribution is 5.69. The first-order chi connectivity index (χ1) is 7.22. The molecule has 0 aromatic rings. The molecule has 0 aliphatic carbocycles. The van der Waals surface area contributed by atoms with E-state index in [0.29, 0.717) is 12.8 Å². The second kappa shape index (κ2) is 6.62. The molecule has 0 bridgehead atoms. The molecule has 1 aliphatic heterocycles. The topological polar surface area (TPSA) is 46.5 Å². The Bertz CT molecular complexity index is 223. The minimum atomic E-state index is -0.479. The molecule has 0 amide bonds. The third kappa shape index (κ3) is 4.98. The lowest BCUT2D eigenvalue weighted by Gasteiger charge is -2.20. The predicted molar refractivity (Wildman–Crippen MR) is 58.4 cm³/mol. The van der Waals surface area contributed by atoms with E-state index in [1.807, 2.05) is 12.2 Å². The lowest BCUT2D eigenvalue weighted by atomic mass is 10.1. The van der Waals surface area contributed by atoms with Gasteiger partial charge in [0, 0.05) is 12.8 Å². The van der Waals surface area contributed by atoms with Crippen LogP contribution in [0, 0.1) is 0 Å². The molecule has 1 heterocycles. The van der Waals surface area contributed by atoms with Crippen molar-refractivity contribution >= 4 is 5.97 Å². The molecule has 3 heteroatoms. The molecule has 1 N–H and O–H groups in total. The number of carbonyl (C=O) groups is 1. The number of esters is 1. The van der Waals surface area contributed by atoms with E-state index in [-0.39, 0.29) is 12.1 Å². The van der Waals surface area contributed by atoms with Crippen molar-refractivity contribution < 1.29 is 14.6 Å². The van der Waals surface area contributed by atoms with Gasteiger partial charge in [0.15, 0.2) is 0 Å². The molecular weight excluding hydrogens is 192 g/mol. The maximum absolute atomic E-state index is 11.4. The monoisotopic (exact) mass is 212 g/mol. The molecule has 2 atom stereocenters. The number of hydrogen-bond acceptors (Lipinski definition) is 3. The molecule has 0 unspecified atom stereocenters. The van der Waals surface area contributed by atoms with E-state index in [2.05, 4.69) is 6.92 Å². The molecule has 0 spiro atoms. The van der Waals surface area contributed by atoms with E-state index >= 15 is 0 Å². The first kappa shape index (κ1) is 12.2. The Morgan fingerprint density at radius 2 is 2.40 bits per heavy atom. The van der Waals surface area contributed by atoms with Crippen LogP contribution in [-0.4, -0.2) is 23.3 Å². The van der Waals surface area contributed by atoms with Crippen LogP contribution in [0.3, 0.4) is 0 Å². The Morgan fingerprint density at radius 3 is 3.13 bits per heavy atom. The number of allylic oxidation sites excluding steroid dienone is 1. The van der Waals surface area contributed by atoms with Gasteiger partial charge in [-0.05, 0) is 19.3 Å². The summed E-state index contributed by atoms with van der Waals surface area (Å²) in [7, 11) is 0. The van der Waals surface area contributed by atoms with E-state index < -0.39 is 6.10 Å². The molecule has 86 valence electrons. The van der Waals surface area contributed by atoms with Crippen molar-refractivity contribution in [2.24, 2.45) is 0 Å². The van der Waals surface area contributed by atoms with Crippen molar-refractivity contribution in [1.29, 1.82) is 0 Å². The van der Waals surface area contributed by atoms with Crippen molar-refractivity contribution in [2.45, 2.75) is 57.7 Å². The third-order valence-corrected chi connectivity index (χ3v) is 2.52. The molecule has 0 radical (unpaired) electrons. The summed E-state index contributed by atoms with van der Waals surface area (Å²) in [6.07, 6.45) is 7.61. The van der Waals surface area contributed by atoms with Crippen LogP contribution in [0.25, 0.3) is 0 Å². The first-order valence-electron chi connectivity index (χ1n) is 5.76. The molecule has 0 fully saturated rings. The van der Waals surface area contributed by atoms with E-state index in [9.17, 15) is 9.90 Å². The van der Waals surface area contributed by atoms with Gasteiger partial charge in [-0.1, -0.05) is 25.5 Å². The number of hydrogen-bond donors (Lipinski definition) is 1. The maximum Gasteiger partial charge on any atom is 0.306 e. The van der Waals surface area contributed by atoms with Gasteiger partial charge in [0.05, 0.1) is 6.10 Å². The predicted octanol–water partition coefficient (Wildman–Crippen LogP) is 2.19. The fourth-order valence-electron chi connectivity index (χ4n) is 1.76. The summed E-state index contributed by atoms with van der Waals surface area (Å²) in [5, 5.41) is 9.64. The molecule has 1 rings (SSSR count). The fourth-order valence-corrected chi connectivity index (χ4v) is 1.76. The Kier molecular flexibility index (Phi) is 5.40. The number of ether oxygens (including phenoxy) is 1. The lowest BCUT2D eigenvalue weighted by molar-refractivity contribution is -0.150. The van der Waals surface area contributed by atoms with Crippen LogP contribution in [0.15, 0.2) is 12.2 Å². The number of aliphatic hydroxyl groups is 1. The van der Waals surface area contributed by atoms with Gasteiger partial charge in [-0.25, -0.2) is 0 Å². The van der Waals surface area contributed by atoms with E-state index in [1.54, 1.807) is 0 Å². The van der Waals surface area contributed by atoms with Crippen molar-refractivity contribution in [2.75, 3.05) is 0 Å². The minimum Gasteiger partial charge on any atom is -0.462 e. The largest absolute Gasteiger partial charge is 0.462 e. The standard InChI is InChI=1S/C12H20O3/c1-2-6-11-9-10(13)7-4-3-5-8-12(14)15-11/h4,7,10-11,13H,2-3,5-6,8-9H2,1H3/b7-4+/t10-,11+/m0/s1. The molecule has 0 saturated carbocycles. The highest BCUT2D eigenvalue weighted by atomic mass is 16.5. The summed E-state index contributed by atoms with van der Waals surface area (Å²) in [4.78, 5) is 11.4. The second-order valence-corrected chi connectivity index (χ2v) is 4.02. The fraction of sp³-hybridized carbons (Fsp3) is 0.750. The average Bonchev–Trinajstić information content (AvgIpc) is 2.17. The van der Waals surface area contributed by atoms with Crippen LogP contribution in [0.5, 0.6) is 0 Å². The molecule has 1 aliphatic rings. The van der Waals surface area contributed by atoms with Gasteiger partial charge in [0.1, 0.15) is 6.10 Å². The normalized spacial score (nSPS) is 30.7. The van der Waals surface area contributed by atoms with Crippen LogP contribution < -0.4 is 0 Å². The SMILES string of the molecule is CCC[C@@H]1C[C@@H](O)/C=C/CCCC(=O)O1. The van der Waals surface area contributed by atoms with Gasteiger partial charge in [0.2, 0.25) is 0 Å². The molecule has 0 aromatic carbocycles. The second-order valence-electron chi connectivity index (χ2n) is 4.02. The van der Waals surface area contributed by atoms with Gasteiger partial charge in [-0.3, -0.25) is 4.79 Å². The van der Waals surface area contributed by atoms with Gasteiger partial charge >= 0.3 is 5.97 Å². The molecule has 3 nitrogen and oxygen atoms in total. The summed E-state index contributed by atoms with van der Waals surface area (Å²) in [6, 6.07) is 0. The highest BCUT2D eigenvalue weighted by Gasteiger charge is 2.17. The van der Waals surface area contributed by atoms with Crippen molar-refractivity contribution in [3.05, 3.63) is 12.2 Å². The third-order valence-electron chi connectivity index (χ3n) is 2.52. The number of aliphatic hydroxyl groups excluding tert-OH is 1. The Morgan fingerprint density at radius 1 is 1.60 bits per heavy atom. The zero-order chi connectivity index (χ0) is 11.1. The molecule has 15 heavy (non-hydrogen) atoms. The lowest BCUT2D eigenvalue weighted by Crippen LogP contribution is -2.23. The van der Waals surface area contributed by atoms with Gasteiger partial charge < -0.3 is 9.84 Å². The summed E-state index contributed by atoms with van der Waals surface area (Å²) < 4.78 is 5.30. The van der Waals surface area contributed by atoms with Gasteiger partial charge in [-0.15, -0.1) is 0 Å². The summed E-state index contributed by atoms with van der Waals surface area (Å²) in [6.45, 7) is 2.05. The number of rotatable bonds is 2. The maximum atomic E-state index is 11.4. The average molecular weight is 212 g/mol. The first-order valence-corrected chi connectivity index (χ1v) is 5.76.